The van der Waals surface area contributed by atoms with Crippen molar-refractivity contribution in [2.45, 2.75) is 13.0 Å². The zero-order valence-corrected chi connectivity index (χ0v) is 16.1. The van der Waals surface area contributed by atoms with Gasteiger partial charge in [-0.25, -0.2) is 0 Å². The molecule has 1 aliphatic heterocycles. The number of anilines is 1. The van der Waals surface area contributed by atoms with Crippen LogP contribution >= 0.6 is 12.2 Å². The lowest BCUT2D eigenvalue weighted by atomic mass is 9.94. The number of amides is 1. The molecule has 0 saturated carbocycles. The van der Waals surface area contributed by atoms with E-state index in [1.54, 1.807) is 14.2 Å². The fourth-order valence-corrected chi connectivity index (χ4v) is 3.28. The van der Waals surface area contributed by atoms with E-state index in [4.69, 9.17) is 21.7 Å². The number of hydrogen-bond acceptors (Lipinski definition) is 4. The van der Waals surface area contributed by atoms with E-state index in [1.807, 2.05) is 55.5 Å². The second-order valence-electron chi connectivity index (χ2n) is 6.00. The number of carbonyl (C=O) groups is 1. The molecule has 2 aromatic rings. The van der Waals surface area contributed by atoms with Crippen molar-refractivity contribution in [1.29, 1.82) is 0 Å². The van der Waals surface area contributed by atoms with E-state index in [-0.39, 0.29) is 5.91 Å². The standard InChI is InChI=1S/C20H21N3O3S/c1-12-17(19(24)22-13-7-5-4-6-8-13)18(23-20(27)21-12)15-11-14(25-2)9-10-16(15)26-3/h4-11,18H,1-3H3,(H,22,24)(H2,21,23,27). The first-order valence-electron chi connectivity index (χ1n) is 8.40. The normalized spacial score (nSPS) is 16.3. The summed E-state index contributed by atoms with van der Waals surface area (Å²) in [6.07, 6.45) is 0. The van der Waals surface area contributed by atoms with Crippen molar-refractivity contribution < 1.29 is 14.3 Å². The Kier molecular flexibility index (Phi) is 5.61. The van der Waals surface area contributed by atoms with Crippen LogP contribution in [0.3, 0.4) is 0 Å². The third-order valence-electron chi connectivity index (χ3n) is 4.29. The maximum atomic E-state index is 13.1. The van der Waals surface area contributed by atoms with E-state index in [2.05, 4.69) is 16.0 Å². The Bertz CT molecular complexity index is 897. The molecule has 0 radical (unpaired) electrons. The number of thiocarbonyl (C=S) groups is 1. The van der Waals surface area contributed by atoms with Crippen molar-refractivity contribution in [1.82, 2.24) is 10.6 Å². The molecule has 1 unspecified atom stereocenters. The number of benzene rings is 2. The molecule has 2 aromatic carbocycles. The Morgan fingerprint density at radius 1 is 1.11 bits per heavy atom. The summed E-state index contributed by atoms with van der Waals surface area (Å²) < 4.78 is 10.8. The molecule has 27 heavy (non-hydrogen) atoms. The van der Waals surface area contributed by atoms with Crippen LogP contribution in [0, 0.1) is 0 Å². The number of carbonyl (C=O) groups excluding carboxylic acids is 1. The Hall–Kier alpha value is -3.06. The predicted octanol–water partition coefficient (Wildman–Crippen LogP) is 3.14. The summed E-state index contributed by atoms with van der Waals surface area (Å²) in [5.41, 5.74) is 2.69. The molecule has 7 heteroatoms. The van der Waals surface area contributed by atoms with Crippen molar-refractivity contribution in [2.24, 2.45) is 0 Å². The van der Waals surface area contributed by atoms with Gasteiger partial charge >= 0.3 is 0 Å². The first-order chi connectivity index (χ1) is 13.0. The molecule has 1 aliphatic rings. The first kappa shape index (κ1) is 18.7. The van der Waals surface area contributed by atoms with Crippen molar-refractivity contribution in [2.75, 3.05) is 19.5 Å². The van der Waals surface area contributed by atoms with Crippen LogP contribution < -0.4 is 25.4 Å². The highest BCUT2D eigenvalue weighted by atomic mass is 32.1. The third kappa shape index (κ3) is 4.03. The molecular formula is C20H21N3O3S. The van der Waals surface area contributed by atoms with E-state index < -0.39 is 6.04 Å². The van der Waals surface area contributed by atoms with Gasteiger partial charge in [0, 0.05) is 16.9 Å². The highest BCUT2D eigenvalue weighted by molar-refractivity contribution is 7.80. The molecule has 140 valence electrons. The summed E-state index contributed by atoms with van der Waals surface area (Å²) in [6.45, 7) is 1.83. The molecule has 1 atom stereocenters. The van der Waals surface area contributed by atoms with Crippen molar-refractivity contribution in [3.05, 3.63) is 65.4 Å². The highest BCUT2D eigenvalue weighted by Gasteiger charge is 2.32. The lowest BCUT2D eigenvalue weighted by Gasteiger charge is -2.31. The fourth-order valence-electron chi connectivity index (χ4n) is 3.01. The first-order valence-corrected chi connectivity index (χ1v) is 8.81. The van der Waals surface area contributed by atoms with E-state index in [0.717, 1.165) is 5.56 Å². The van der Waals surface area contributed by atoms with Gasteiger partial charge in [-0.2, -0.15) is 0 Å². The molecule has 3 N–H and O–H groups in total. The molecule has 0 fully saturated rings. The summed E-state index contributed by atoms with van der Waals surface area (Å²) in [5, 5.41) is 9.57. The Morgan fingerprint density at radius 3 is 2.52 bits per heavy atom. The highest BCUT2D eigenvalue weighted by Crippen LogP contribution is 2.35. The molecule has 3 rings (SSSR count). The van der Waals surface area contributed by atoms with Crippen LogP contribution in [0.25, 0.3) is 0 Å². The van der Waals surface area contributed by atoms with Gasteiger partial charge in [0.05, 0.1) is 25.8 Å². The average Bonchev–Trinajstić information content (AvgIpc) is 2.67. The van der Waals surface area contributed by atoms with Crippen molar-refractivity contribution in [3.63, 3.8) is 0 Å². The number of rotatable bonds is 5. The maximum absolute atomic E-state index is 13.1. The molecule has 0 saturated heterocycles. The van der Waals surface area contributed by atoms with Crippen molar-refractivity contribution in [3.8, 4) is 11.5 Å². The van der Waals surface area contributed by atoms with Crippen LogP contribution in [-0.2, 0) is 4.79 Å². The van der Waals surface area contributed by atoms with Crippen LogP contribution in [0.4, 0.5) is 5.69 Å². The van der Waals surface area contributed by atoms with Crippen LogP contribution in [0.1, 0.15) is 18.5 Å². The average molecular weight is 383 g/mol. The van der Waals surface area contributed by atoms with Gasteiger partial charge in [0.2, 0.25) is 0 Å². The third-order valence-corrected chi connectivity index (χ3v) is 4.51. The minimum atomic E-state index is -0.479. The number of methoxy groups -OCH3 is 2. The molecule has 1 amide bonds. The quantitative estimate of drug-likeness (QED) is 0.689. The van der Waals surface area contributed by atoms with Gasteiger partial charge in [-0.15, -0.1) is 0 Å². The monoisotopic (exact) mass is 383 g/mol. The van der Waals surface area contributed by atoms with E-state index >= 15 is 0 Å². The van der Waals surface area contributed by atoms with Crippen molar-refractivity contribution >= 4 is 28.9 Å². The second kappa shape index (κ2) is 8.09. The topological polar surface area (TPSA) is 71.6 Å². The summed E-state index contributed by atoms with van der Waals surface area (Å²) in [7, 11) is 3.18. The van der Waals surface area contributed by atoms with Gasteiger partial charge in [0.15, 0.2) is 5.11 Å². The van der Waals surface area contributed by atoms with Crippen LogP contribution in [0.2, 0.25) is 0 Å². The van der Waals surface area contributed by atoms with Gasteiger partial charge in [-0.05, 0) is 49.5 Å². The Labute approximate surface area is 163 Å². The Morgan fingerprint density at radius 2 is 1.85 bits per heavy atom. The fraction of sp³-hybridized carbons (Fsp3) is 0.200. The minimum Gasteiger partial charge on any atom is -0.497 e. The number of allylic oxidation sites excluding steroid dienone is 1. The Balaban J connectivity index is 2.03. The zero-order valence-electron chi connectivity index (χ0n) is 15.3. The summed E-state index contributed by atoms with van der Waals surface area (Å²) in [4.78, 5) is 13.1. The number of para-hydroxylation sites is 1. The number of ether oxygens (including phenoxy) is 2. The van der Waals surface area contributed by atoms with Gasteiger partial charge in [0.1, 0.15) is 11.5 Å². The van der Waals surface area contributed by atoms with E-state index in [9.17, 15) is 4.79 Å². The van der Waals surface area contributed by atoms with Gasteiger partial charge < -0.3 is 25.4 Å². The predicted molar refractivity (Wildman–Crippen MR) is 109 cm³/mol. The minimum absolute atomic E-state index is 0.226. The zero-order chi connectivity index (χ0) is 19.4. The summed E-state index contributed by atoms with van der Waals surface area (Å²) >= 11 is 5.31. The van der Waals surface area contributed by atoms with Gasteiger partial charge in [-0.3, -0.25) is 4.79 Å². The van der Waals surface area contributed by atoms with Gasteiger partial charge in [-0.1, -0.05) is 18.2 Å². The van der Waals surface area contributed by atoms with Crippen LogP contribution in [0.5, 0.6) is 11.5 Å². The number of nitrogens with one attached hydrogen (secondary N) is 3. The summed E-state index contributed by atoms with van der Waals surface area (Å²) in [6, 6.07) is 14.3. The molecule has 1 heterocycles. The van der Waals surface area contributed by atoms with Crippen LogP contribution in [-0.4, -0.2) is 25.2 Å². The van der Waals surface area contributed by atoms with E-state index in [1.165, 1.54) is 0 Å². The van der Waals surface area contributed by atoms with Crippen LogP contribution in [0.15, 0.2) is 59.8 Å². The molecule has 0 bridgehead atoms. The lowest BCUT2D eigenvalue weighted by Crippen LogP contribution is -2.45. The number of hydrogen-bond donors (Lipinski definition) is 3. The molecule has 0 spiro atoms. The molecule has 0 aliphatic carbocycles. The van der Waals surface area contributed by atoms with Gasteiger partial charge in [0.25, 0.3) is 5.91 Å². The second-order valence-corrected chi connectivity index (χ2v) is 6.41. The maximum Gasteiger partial charge on any atom is 0.255 e. The smallest absolute Gasteiger partial charge is 0.255 e. The largest absolute Gasteiger partial charge is 0.497 e. The SMILES string of the molecule is COc1ccc(OC)c(C2NC(=S)NC(C)=C2C(=O)Nc2ccccc2)c1. The summed E-state index contributed by atoms with van der Waals surface area (Å²) in [5.74, 6) is 1.07. The molecule has 6 nitrogen and oxygen atoms in total. The molecular weight excluding hydrogens is 362 g/mol. The van der Waals surface area contributed by atoms with E-state index in [0.29, 0.717) is 33.6 Å². The molecule has 0 aromatic heterocycles. The lowest BCUT2D eigenvalue weighted by molar-refractivity contribution is -0.113.